The van der Waals surface area contributed by atoms with Gasteiger partial charge in [0.1, 0.15) is 0 Å². The molecule has 1 aliphatic heterocycles. The van der Waals surface area contributed by atoms with Crippen molar-refractivity contribution >= 4 is 27.2 Å². The highest BCUT2D eigenvalue weighted by Gasteiger charge is 2.36. The summed E-state index contributed by atoms with van der Waals surface area (Å²) in [6.07, 6.45) is 4.55. The lowest BCUT2D eigenvalue weighted by molar-refractivity contribution is 0.0949. The van der Waals surface area contributed by atoms with E-state index in [0.717, 1.165) is 23.2 Å². The molecule has 8 heteroatoms. The predicted molar refractivity (Wildman–Crippen MR) is 113 cm³/mol. The van der Waals surface area contributed by atoms with Crippen molar-refractivity contribution < 1.29 is 13.2 Å². The van der Waals surface area contributed by atoms with Crippen LogP contribution in [-0.2, 0) is 23.1 Å². The molecule has 1 aliphatic rings. The Morgan fingerprint density at radius 1 is 1.07 bits per heavy atom. The quantitative estimate of drug-likeness (QED) is 0.698. The second kappa shape index (κ2) is 7.46. The number of hydrogen-bond donors (Lipinski definition) is 1. The van der Waals surface area contributed by atoms with Crippen molar-refractivity contribution in [2.24, 2.45) is 0 Å². The van der Waals surface area contributed by atoms with Gasteiger partial charge in [-0.1, -0.05) is 18.2 Å². The zero-order chi connectivity index (χ0) is 20.6. The maximum atomic E-state index is 13.1. The summed E-state index contributed by atoms with van der Waals surface area (Å²) in [5, 5.41) is 3.41. The summed E-state index contributed by atoms with van der Waals surface area (Å²) in [5.41, 5.74) is 4.59. The number of para-hydroxylation sites is 1. The first-order valence-corrected chi connectivity index (χ1v) is 11.2. The second-order valence-corrected chi connectivity index (χ2v) is 8.95. The van der Waals surface area contributed by atoms with Gasteiger partial charge < -0.3 is 9.88 Å². The summed E-state index contributed by atoms with van der Waals surface area (Å²) in [5.74, 6) is -0.211. The third-order valence-corrected chi connectivity index (χ3v) is 6.27. The van der Waals surface area contributed by atoms with Crippen molar-refractivity contribution in [2.45, 2.75) is 20.0 Å². The number of aromatic nitrogens is 2. The number of carbonyl (C=O) groups excluding carboxylic acids is 1. The topological polar surface area (TPSA) is 84.3 Å². The van der Waals surface area contributed by atoms with Crippen LogP contribution in [0, 0.1) is 0 Å². The van der Waals surface area contributed by atoms with Crippen molar-refractivity contribution in [1.82, 2.24) is 13.9 Å². The monoisotopic (exact) mass is 410 g/mol. The number of sulfonamides is 1. The average Bonchev–Trinajstić information content (AvgIpc) is 3.02. The molecular formula is C21H22N4O3S. The Morgan fingerprint density at radius 3 is 2.38 bits per heavy atom. The Labute approximate surface area is 170 Å². The summed E-state index contributed by atoms with van der Waals surface area (Å²) < 4.78 is 27.5. The fourth-order valence-electron chi connectivity index (χ4n) is 3.78. The van der Waals surface area contributed by atoms with Gasteiger partial charge in [-0.05, 0) is 31.2 Å². The summed E-state index contributed by atoms with van der Waals surface area (Å²) in [4.78, 5) is 17.2. The smallest absolute Gasteiger partial charge is 0.211 e. The molecule has 0 atom stereocenters. The molecule has 3 aromatic rings. The molecule has 0 amide bonds. The Morgan fingerprint density at radius 2 is 1.76 bits per heavy atom. The molecule has 1 N–H and O–H groups in total. The van der Waals surface area contributed by atoms with Gasteiger partial charge in [0, 0.05) is 35.9 Å². The maximum absolute atomic E-state index is 13.1. The van der Waals surface area contributed by atoms with E-state index in [1.165, 1.54) is 4.31 Å². The van der Waals surface area contributed by atoms with E-state index in [1.807, 2.05) is 54.0 Å². The van der Waals surface area contributed by atoms with E-state index in [1.54, 1.807) is 12.4 Å². The molecular weight excluding hydrogens is 388 g/mol. The van der Waals surface area contributed by atoms with Crippen LogP contribution in [0.15, 0.2) is 54.9 Å². The van der Waals surface area contributed by atoms with E-state index in [2.05, 4.69) is 10.3 Å². The van der Waals surface area contributed by atoms with Crippen LogP contribution in [0.25, 0.3) is 11.3 Å². The predicted octanol–water partition coefficient (Wildman–Crippen LogP) is 3.27. The van der Waals surface area contributed by atoms with Crippen molar-refractivity contribution in [2.75, 3.05) is 18.1 Å². The van der Waals surface area contributed by atoms with Gasteiger partial charge >= 0.3 is 0 Å². The van der Waals surface area contributed by atoms with Crippen molar-refractivity contribution in [1.29, 1.82) is 0 Å². The Kier molecular flexibility index (Phi) is 4.97. The number of rotatable bonds is 5. The lowest BCUT2D eigenvalue weighted by atomic mass is 10.0. The fourth-order valence-corrected chi connectivity index (χ4v) is 4.48. The molecule has 0 saturated carbocycles. The van der Waals surface area contributed by atoms with E-state index in [9.17, 15) is 13.2 Å². The molecule has 150 valence electrons. The number of benzene rings is 1. The average molecular weight is 410 g/mol. The maximum Gasteiger partial charge on any atom is 0.211 e. The molecule has 0 spiro atoms. The fraction of sp³-hybridized carbons (Fsp3) is 0.238. The van der Waals surface area contributed by atoms with Crippen LogP contribution >= 0.6 is 0 Å². The van der Waals surface area contributed by atoms with Gasteiger partial charge in [-0.15, -0.1) is 0 Å². The van der Waals surface area contributed by atoms with Crippen LogP contribution in [0.5, 0.6) is 0 Å². The molecule has 0 bridgehead atoms. The summed E-state index contributed by atoms with van der Waals surface area (Å²) in [7, 11) is -3.48. The largest absolute Gasteiger partial charge is 0.353 e. The first-order valence-electron chi connectivity index (χ1n) is 9.36. The molecule has 0 radical (unpaired) electrons. The molecule has 3 heterocycles. The molecule has 0 saturated heterocycles. The number of pyridine rings is 1. The molecule has 1 aromatic carbocycles. The Balaban J connectivity index is 1.96. The number of nitrogens with one attached hydrogen (secondary N) is 1. The van der Waals surface area contributed by atoms with Crippen LogP contribution in [-0.4, -0.2) is 40.9 Å². The van der Waals surface area contributed by atoms with E-state index in [0.29, 0.717) is 23.5 Å². The number of Topliss-reactive ketones (excluding diaryl/α,β-unsaturated/α-hetero) is 1. The van der Waals surface area contributed by atoms with Crippen LogP contribution in [0.4, 0.5) is 11.4 Å². The van der Waals surface area contributed by atoms with Crippen molar-refractivity contribution in [3.8, 4) is 11.3 Å². The molecule has 0 fully saturated rings. The minimum atomic E-state index is -3.48. The molecule has 0 aliphatic carbocycles. The van der Waals surface area contributed by atoms with Crippen LogP contribution < -0.4 is 5.32 Å². The van der Waals surface area contributed by atoms with E-state index in [4.69, 9.17) is 0 Å². The minimum absolute atomic E-state index is 0.154. The standard InChI is InChI=1S/C21H22N4O3S/c1-3-25-17-13-24(29(2,27)28)14-18(26)19(17)20(23-16-7-5-4-6-8-16)21(25)15-9-11-22-12-10-15/h4-12,23H,3,13-14H2,1-2H3. The number of ketones is 1. The van der Waals surface area contributed by atoms with Crippen molar-refractivity contribution in [3.63, 3.8) is 0 Å². The SMILES string of the molecule is CCn1c2c(c(Nc3ccccc3)c1-c1ccncc1)C(=O)CN(S(C)(=O)=O)C2. The molecule has 29 heavy (non-hydrogen) atoms. The lowest BCUT2D eigenvalue weighted by Crippen LogP contribution is -2.39. The highest BCUT2D eigenvalue weighted by Crippen LogP contribution is 2.40. The molecule has 0 unspecified atom stereocenters. The van der Waals surface area contributed by atoms with E-state index >= 15 is 0 Å². The summed E-state index contributed by atoms with van der Waals surface area (Å²) in [6, 6.07) is 13.4. The van der Waals surface area contributed by atoms with Crippen LogP contribution in [0.3, 0.4) is 0 Å². The van der Waals surface area contributed by atoms with Crippen LogP contribution in [0.1, 0.15) is 23.0 Å². The Bertz CT molecular complexity index is 1160. The first-order chi connectivity index (χ1) is 13.9. The number of fused-ring (bicyclic) bond motifs is 1. The van der Waals surface area contributed by atoms with Gasteiger partial charge in [-0.25, -0.2) is 8.42 Å². The van der Waals surface area contributed by atoms with Gasteiger partial charge in [0.2, 0.25) is 10.0 Å². The summed E-state index contributed by atoms with van der Waals surface area (Å²) >= 11 is 0. The highest BCUT2D eigenvalue weighted by molar-refractivity contribution is 7.88. The van der Waals surface area contributed by atoms with Gasteiger partial charge in [-0.2, -0.15) is 4.31 Å². The van der Waals surface area contributed by atoms with Crippen molar-refractivity contribution in [3.05, 3.63) is 66.1 Å². The van der Waals surface area contributed by atoms with E-state index in [-0.39, 0.29) is 18.9 Å². The van der Waals surface area contributed by atoms with Gasteiger partial charge in [0.15, 0.2) is 5.78 Å². The third kappa shape index (κ3) is 3.56. The first kappa shape index (κ1) is 19.4. The zero-order valence-electron chi connectivity index (χ0n) is 16.3. The molecule has 7 nitrogen and oxygen atoms in total. The minimum Gasteiger partial charge on any atom is -0.353 e. The number of carbonyl (C=O) groups is 1. The van der Waals surface area contributed by atoms with Gasteiger partial charge in [0.25, 0.3) is 0 Å². The number of nitrogens with zero attached hydrogens (tertiary/aromatic N) is 3. The van der Waals surface area contributed by atoms with Gasteiger partial charge in [0.05, 0.1) is 36.3 Å². The highest BCUT2D eigenvalue weighted by atomic mass is 32.2. The normalized spacial score (nSPS) is 14.6. The molecule has 2 aromatic heterocycles. The third-order valence-electron chi connectivity index (χ3n) is 5.08. The van der Waals surface area contributed by atoms with E-state index < -0.39 is 10.0 Å². The zero-order valence-corrected chi connectivity index (χ0v) is 17.1. The molecule has 4 rings (SSSR count). The van der Waals surface area contributed by atoms with Gasteiger partial charge in [-0.3, -0.25) is 9.78 Å². The number of anilines is 2. The van der Waals surface area contributed by atoms with Crippen LogP contribution in [0.2, 0.25) is 0 Å². The second-order valence-electron chi connectivity index (χ2n) is 6.97. The lowest BCUT2D eigenvalue weighted by Gasteiger charge is -2.25. The Hall–Kier alpha value is -2.97. The number of hydrogen-bond acceptors (Lipinski definition) is 5. The summed E-state index contributed by atoms with van der Waals surface area (Å²) in [6.45, 7) is 2.60.